The largest absolute Gasteiger partial charge is 0.324 e. The molecule has 9 heteroatoms. The summed E-state index contributed by atoms with van der Waals surface area (Å²) in [5, 5.41) is 9.56. The number of carbonyl (C=O) groups excluding carboxylic acids is 2. The number of fused-ring (bicyclic) bond motifs is 1. The number of halogens is 3. The molecule has 0 bridgehead atoms. The van der Waals surface area contributed by atoms with E-state index in [4.69, 9.17) is 0 Å². The SMILES string of the molecule is Cc1ccc(-c2nn3c(c2C)NC(=O)C[C@H]3C(=O)Nc2cc(F)c(F)c(F)c2)cc1. The van der Waals surface area contributed by atoms with E-state index in [2.05, 4.69) is 15.7 Å². The summed E-state index contributed by atoms with van der Waals surface area (Å²) in [6.07, 6.45) is -0.209. The molecule has 1 aliphatic heterocycles. The number of anilines is 2. The van der Waals surface area contributed by atoms with Crippen LogP contribution in [0.4, 0.5) is 24.7 Å². The first kappa shape index (κ1) is 19.7. The van der Waals surface area contributed by atoms with Gasteiger partial charge >= 0.3 is 0 Å². The molecule has 0 saturated heterocycles. The van der Waals surface area contributed by atoms with E-state index in [1.807, 2.05) is 31.2 Å². The Hall–Kier alpha value is -3.62. The Kier molecular flexibility index (Phi) is 4.81. The summed E-state index contributed by atoms with van der Waals surface area (Å²) < 4.78 is 41.5. The van der Waals surface area contributed by atoms with Crippen LogP contribution in [0.5, 0.6) is 0 Å². The summed E-state index contributed by atoms with van der Waals surface area (Å²) in [4.78, 5) is 25.0. The highest BCUT2D eigenvalue weighted by molar-refractivity contribution is 6.02. The van der Waals surface area contributed by atoms with Crippen molar-refractivity contribution in [2.75, 3.05) is 10.6 Å². The average Bonchev–Trinajstić information content (AvgIpc) is 3.02. The number of rotatable bonds is 3. The van der Waals surface area contributed by atoms with Gasteiger partial charge in [0.2, 0.25) is 11.8 Å². The first-order valence-electron chi connectivity index (χ1n) is 9.16. The molecule has 1 atom stereocenters. The molecule has 4 rings (SSSR count). The van der Waals surface area contributed by atoms with Crippen molar-refractivity contribution in [1.82, 2.24) is 9.78 Å². The lowest BCUT2D eigenvalue weighted by Gasteiger charge is -2.24. The molecule has 0 aliphatic carbocycles. The van der Waals surface area contributed by atoms with Gasteiger partial charge in [-0.1, -0.05) is 29.8 Å². The zero-order chi connectivity index (χ0) is 21.6. The molecular formula is C21H17F3N4O2. The molecule has 3 aromatic rings. The van der Waals surface area contributed by atoms with E-state index in [9.17, 15) is 22.8 Å². The molecule has 0 radical (unpaired) electrons. The third-order valence-electron chi connectivity index (χ3n) is 4.96. The van der Waals surface area contributed by atoms with Crippen LogP contribution in [0.1, 0.15) is 23.6 Å². The van der Waals surface area contributed by atoms with Gasteiger partial charge in [-0.15, -0.1) is 0 Å². The Morgan fingerprint density at radius 1 is 1.13 bits per heavy atom. The third kappa shape index (κ3) is 3.42. The van der Waals surface area contributed by atoms with Crippen LogP contribution in [0, 0.1) is 31.3 Å². The standard InChI is InChI=1S/C21H17F3N4O2/c1-10-3-5-12(6-4-10)19-11(2)20-26-17(29)9-16(28(20)27-19)21(30)25-13-7-14(22)18(24)15(23)8-13/h3-8,16H,9H2,1-2H3,(H,25,30)(H,26,29)/t16-/m0/s1. The molecular weight excluding hydrogens is 397 g/mol. The van der Waals surface area contributed by atoms with Crippen LogP contribution >= 0.6 is 0 Å². The maximum Gasteiger partial charge on any atom is 0.249 e. The third-order valence-corrected chi connectivity index (χ3v) is 4.96. The van der Waals surface area contributed by atoms with Crippen LogP contribution in [0.2, 0.25) is 0 Å². The molecule has 2 heterocycles. The van der Waals surface area contributed by atoms with Crippen LogP contribution in [-0.2, 0) is 9.59 Å². The topological polar surface area (TPSA) is 76.0 Å². The molecule has 2 amide bonds. The van der Waals surface area contributed by atoms with Gasteiger partial charge in [-0.25, -0.2) is 17.9 Å². The predicted octanol–water partition coefficient (Wildman–Crippen LogP) is 4.11. The normalized spacial score (nSPS) is 15.5. The van der Waals surface area contributed by atoms with Crippen LogP contribution in [0.25, 0.3) is 11.3 Å². The monoisotopic (exact) mass is 414 g/mol. The number of benzene rings is 2. The van der Waals surface area contributed by atoms with Crippen molar-refractivity contribution in [3.8, 4) is 11.3 Å². The van der Waals surface area contributed by atoms with Gasteiger partial charge in [0, 0.05) is 28.9 Å². The minimum Gasteiger partial charge on any atom is -0.324 e. The number of hydrogen-bond acceptors (Lipinski definition) is 3. The van der Waals surface area contributed by atoms with Gasteiger partial charge in [0.25, 0.3) is 0 Å². The zero-order valence-corrected chi connectivity index (χ0v) is 16.1. The summed E-state index contributed by atoms with van der Waals surface area (Å²) >= 11 is 0. The number of nitrogens with zero attached hydrogens (tertiary/aromatic N) is 2. The number of hydrogen-bond donors (Lipinski definition) is 2. The Morgan fingerprint density at radius 3 is 2.40 bits per heavy atom. The molecule has 2 aromatic carbocycles. The molecule has 1 aliphatic rings. The van der Waals surface area contributed by atoms with Gasteiger partial charge in [-0.2, -0.15) is 5.10 Å². The first-order valence-corrected chi connectivity index (χ1v) is 9.16. The van der Waals surface area contributed by atoms with Crippen molar-refractivity contribution in [3.05, 3.63) is 65.0 Å². The minimum absolute atomic E-state index is 0.209. The minimum atomic E-state index is -1.63. The molecule has 2 N–H and O–H groups in total. The van der Waals surface area contributed by atoms with E-state index >= 15 is 0 Å². The van der Waals surface area contributed by atoms with Crippen LogP contribution < -0.4 is 10.6 Å². The fraction of sp³-hybridized carbons (Fsp3) is 0.190. The number of aromatic nitrogens is 2. The molecule has 0 spiro atoms. The fourth-order valence-corrected chi connectivity index (χ4v) is 3.38. The fourth-order valence-electron chi connectivity index (χ4n) is 3.38. The van der Waals surface area contributed by atoms with Crippen molar-refractivity contribution >= 4 is 23.3 Å². The number of nitrogens with one attached hydrogen (secondary N) is 2. The highest BCUT2D eigenvalue weighted by Gasteiger charge is 2.34. The maximum atomic E-state index is 13.5. The van der Waals surface area contributed by atoms with E-state index in [1.54, 1.807) is 6.92 Å². The van der Waals surface area contributed by atoms with Gasteiger partial charge < -0.3 is 10.6 Å². The Bertz CT molecular complexity index is 1150. The predicted molar refractivity (Wildman–Crippen MR) is 104 cm³/mol. The van der Waals surface area contributed by atoms with Gasteiger partial charge in [-0.05, 0) is 13.8 Å². The van der Waals surface area contributed by atoms with E-state index in [0.29, 0.717) is 29.2 Å². The smallest absolute Gasteiger partial charge is 0.249 e. The second-order valence-corrected chi connectivity index (χ2v) is 7.14. The van der Waals surface area contributed by atoms with Gasteiger partial charge in [0.1, 0.15) is 11.9 Å². The summed E-state index contributed by atoms with van der Waals surface area (Å²) in [6.45, 7) is 3.73. The lowest BCUT2D eigenvalue weighted by atomic mass is 10.1. The lowest BCUT2D eigenvalue weighted by Crippen LogP contribution is -2.36. The molecule has 30 heavy (non-hydrogen) atoms. The summed E-state index contributed by atoms with van der Waals surface area (Å²) in [5.74, 6) is -5.20. The zero-order valence-electron chi connectivity index (χ0n) is 16.1. The summed E-state index contributed by atoms with van der Waals surface area (Å²) in [6, 6.07) is 7.93. The van der Waals surface area contributed by atoms with Gasteiger partial charge in [0.15, 0.2) is 17.5 Å². The molecule has 0 saturated carbocycles. The van der Waals surface area contributed by atoms with Crippen molar-refractivity contribution < 1.29 is 22.8 Å². The van der Waals surface area contributed by atoms with E-state index in [1.165, 1.54) is 4.68 Å². The van der Waals surface area contributed by atoms with Crippen molar-refractivity contribution in [2.24, 2.45) is 0 Å². The second kappa shape index (κ2) is 7.33. The molecule has 0 fully saturated rings. The molecule has 0 unspecified atom stereocenters. The Labute approximate surface area is 169 Å². The van der Waals surface area contributed by atoms with Gasteiger partial charge in [-0.3, -0.25) is 9.59 Å². The quantitative estimate of drug-likeness (QED) is 0.634. The Balaban J connectivity index is 1.69. The number of aryl methyl sites for hydroxylation is 1. The number of carbonyl (C=O) groups is 2. The van der Waals surface area contributed by atoms with Crippen LogP contribution in [-0.4, -0.2) is 21.6 Å². The molecule has 6 nitrogen and oxygen atoms in total. The van der Waals surface area contributed by atoms with E-state index in [0.717, 1.165) is 11.1 Å². The van der Waals surface area contributed by atoms with E-state index < -0.39 is 35.3 Å². The van der Waals surface area contributed by atoms with Gasteiger partial charge in [0.05, 0.1) is 12.1 Å². The summed E-state index contributed by atoms with van der Waals surface area (Å²) in [7, 11) is 0. The number of amides is 2. The highest BCUT2D eigenvalue weighted by atomic mass is 19.2. The van der Waals surface area contributed by atoms with Crippen molar-refractivity contribution in [3.63, 3.8) is 0 Å². The second-order valence-electron chi connectivity index (χ2n) is 7.14. The lowest BCUT2D eigenvalue weighted by molar-refractivity contribution is -0.125. The van der Waals surface area contributed by atoms with Crippen molar-refractivity contribution in [2.45, 2.75) is 26.3 Å². The van der Waals surface area contributed by atoms with Crippen molar-refractivity contribution in [1.29, 1.82) is 0 Å². The first-order chi connectivity index (χ1) is 14.2. The summed E-state index contributed by atoms with van der Waals surface area (Å²) in [5.41, 5.74) is 2.92. The Morgan fingerprint density at radius 2 is 1.77 bits per heavy atom. The molecule has 1 aromatic heterocycles. The molecule has 154 valence electrons. The maximum absolute atomic E-state index is 13.5. The van der Waals surface area contributed by atoms with Crippen LogP contribution in [0.3, 0.4) is 0 Å². The van der Waals surface area contributed by atoms with Crippen LogP contribution in [0.15, 0.2) is 36.4 Å². The van der Waals surface area contributed by atoms with E-state index in [-0.39, 0.29) is 12.1 Å². The average molecular weight is 414 g/mol. The highest BCUT2D eigenvalue weighted by Crippen LogP contribution is 2.34.